The quantitative estimate of drug-likeness (QED) is 0.662. The first kappa shape index (κ1) is 19.5. The normalized spacial score (nSPS) is 16.4. The molecule has 3 aromatic rings. The van der Waals surface area contributed by atoms with Gasteiger partial charge in [-0.25, -0.2) is 9.97 Å². The molecule has 1 aromatic heterocycles. The van der Waals surface area contributed by atoms with Crippen LogP contribution in [0.3, 0.4) is 0 Å². The van der Waals surface area contributed by atoms with Crippen molar-refractivity contribution in [3.05, 3.63) is 72.6 Å². The molecule has 0 unspecified atom stereocenters. The van der Waals surface area contributed by atoms with Crippen LogP contribution in [0.25, 0.3) is 0 Å². The maximum Gasteiger partial charge on any atom is 0.229 e. The van der Waals surface area contributed by atoms with Gasteiger partial charge in [-0.2, -0.15) is 0 Å². The number of carbonyl (C=O) groups excluding carboxylic acids is 1. The summed E-state index contributed by atoms with van der Waals surface area (Å²) in [6, 6.07) is 18.1. The van der Waals surface area contributed by atoms with Crippen LogP contribution in [0.15, 0.2) is 76.9 Å². The van der Waals surface area contributed by atoms with E-state index in [9.17, 15) is 4.79 Å². The van der Waals surface area contributed by atoms with Crippen LogP contribution in [0.1, 0.15) is 18.4 Å². The van der Waals surface area contributed by atoms with Crippen LogP contribution >= 0.6 is 11.8 Å². The molecule has 1 atom stereocenters. The molecule has 0 spiro atoms. The molecule has 4 rings (SSSR count). The number of nitrogens with one attached hydrogen (secondary N) is 1. The summed E-state index contributed by atoms with van der Waals surface area (Å²) in [6.07, 6.45) is 5.29. The Balaban J connectivity index is 1.47. The van der Waals surface area contributed by atoms with Crippen molar-refractivity contribution in [2.45, 2.75) is 29.7 Å². The van der Waals surface area contributed by atoms with E-state index in [-0.39, 0.29) is 11.8 Å². The van der Waals surface area contributed by atoms with E-state index < -0.39 is 0 Å². The van der Waals surface area contributed by atoms with Gasteiger partial charge in [0, 0.05) is 36.1 Å². The lowest BCUT2D eigenvalue weighted by atomic mass is 9.97. The third kappa shape index (κ3) is 4.95. The molecule has 1 saturated heterocycles. The first-order valence-electron chi connectivity index (χ1n) is 9.85. The summed E-state index contributed by atoms with van der Waals surface area (Å²) in [7, 11) is 0. The number of hydrogen-bond acceptors (Lipinski definition) is 5. The second-order valence-electron chi connectivity index (χ2n) is 7.24. The van der Waals surface area contributed by atoms with Crippen molar-refractivity contribution >= 4 is 29.2 Å². The molecule has 1 aliphatic heterocycles. The number of aromatic nitrogens is 2. The molecule has 0 aliphatic carbocycles. The second-order valence-corrected chi connectivity index (χ2v) is 8.30. The van der Waals surface area contributed by atoms with Gasteiger partial charge < -0.3 is 10.2 Å². The molecule has 0 radical (unpaired) electrons. The van der Waals surface area contributed by atoms with Gasteiger partial charge in [0.1, 0.15) is 5.03 Å². The number of nitrogens with zero attached hydrogens (tertiary/aromatic N) is 3. The Kier molecular flexibility index (Phi) is 6.10. The fourth-order valence-electron chi connectivity index (χ4n) is 3.47. The molecule has 1 fully saturated rings. The fourth-order valence-corrected chi connectivity index (χ4v) is 4.37. The van der Waals surface area contributed by atoms with Gasteiger partial charge in [-0.1, -0.05) is 47.7 Å². The summed E-state index contributed by atoms with van der Waals surface area (Å²) in [5.41, 5.74) is 2.02. The van der Waals surface area contributed by atoms with Gasteiger partial charge in [0.15, 0.2) is 5.82 Å². The highest BCUT2D eigenvalue weighted by Gasteiger charge is 2.28. The summed E-state index contributed by atoms with van der Waals surface area (Å²) < 4.78 is 0. The zero-order chi connectivity index (χ0) is 20.1. The molecule has 29 heavy (non-hydrogen) atoms. The minimum atomic E-state index is -0.0679. The van der Waals surface area contributed by atoms with Gasteiger partial charge in [-0.05, 0) is 44.0 Å². The Bertz CT molecular complexity index is 962. The van der Waals surface area contributed by atoms with E-state index in [2.05, 4.69) is 32.3 Å². The summed E-state index contributed by atoms with van der Waals surface area (Å²) in [4.78, 5) is 25.3. The summed E-state index contributed by atoms with van der Waals surface area (Å²) in [6.45, 7) is 3.57. The average Bonchev–Trinajstić information content (AvgIpc) is 2.76. The lowest BCUT2D eigenvalue weighted by molar-refractivity contribution is -0.120. The number of aryl methyl sites for hydroxylation is 1. The highest BCUT2D eigenvalue weighted by molar-refractivity contribution is 7.99. The van der Waals surface area contributed by atoms with E-state index in [1.165, 1.54) is 5.56 Å². The number of hydrogen-bond donors (Lipinski definition) is 1. The number of benzene rings is 2. The predicted octanol–water partition coefficient (Wildman–Crippen LogP) is 4.79. The van der Waals surface area contributed by atoms with E-state index in [1.807, 2.05) is 49.4 Å². The topological polar surface area (TPSA) is 58.1 Å². The molecule has 0 saturated carbocycles. The lowest BCUT2D eigenvalue weighted by Crippen LogP contribution is -2.41. The number of rotatable bonds is 5. The third-order valence-electron chi connectivity index (χ3n) is 5.02. The highest BCUT2D eigenvalue weighted by atomic mass is 32.2. The monoisotopic (exact) mass is 404 g/mol. The fraction of sp³-hybridized carbons (Fsp3) is 0.261. The van der Waals surface area contributed by atoms with E-state index in [0.29, 0.717) is 6.54 Å². The molecule has 1 aliphatic rings. The van der Waals surface area contributed by atoms with Gasteiger partial charge in [0.05, 0.1) is 5.92 Å². The molecular formula is C23H24N4OS. The molecular weight excluding hydrogens is 380 g/mol. The zero-order valence-corrected chi connectivity index (χ0v) is 17.2. The van der Waals surface area contributed by atoms with E-state index >= 15 is 0 Å². The molecule has 148 valence electrons. The number of amides is 1. The maximum absolute atomic E-state index is 12.8. The lowest BCUT2D eigenvalue weighted by Gasteiger charge is -2.33. The Morgan fingerprint density at radius 3 is 2.62 bits per heavy atom. The van der Waals surface area contributed by atoms with Crippen LogP contribution in [-0.2, 0) is 4.79 Å². The van der Waals surface area contributed by atoms with Crippen molar-refractivity contribution < 1.29 is 4.79 Å². The first-order valence-corrected chi connectivity index (χ1v) is 10.7. The molecule has 2 aromatic carbocycles. The van der Waals surface area contributed by atoms with Crippen molar-refractivity contribution in [1.82, 2.24) is 9.97 Å². The molecule has 6 heteroatoms. The van der Waals surface area contributed by atoms with E-state index in [1.54, 1.807) is 24.2 Å². The average molecular weight is 405 g/mol. The smallest absolute Gasteiger partial charge is 0.229 e. The Hall–Kier alpha value is -2.86. The maximum atomic E-state index is 12.8. The van der Waals surface area contributed by atoms with Crippen molar-refractivity contribution in [3.63, 3.8) is 0 Å². The van der Waals surface area contributed by atoms with Gasteiger partial charge >= 0.3 is 0 Å². The minimum absolute atomic E-state index is 0.0679. The minimum Gasteiger partial charge on any atom is -0.354 e. The van der Waals surface area contributed by atoms with E-state index in [0.717, 1.165) is 40.8 Å². The van der Waals surface area contributed by atoms with Crippen molar-refractivity contribution in [3.8, 4) is 0 Å². The number of piperidine rings is 1. The highest BCUT2D eigenvalue weighted by Crippen LogP contribution is 2.34. The molecule has 2 heterocycles. The van der Waals surface area contributed by atoms with Crippen molar-refractivity contribution in [1.29, 1.82) is 0 Å². The van der Waals surface area contributed by atoms with Crippen molar-refractivity contribution in [2.75, 3.05) is 23.3 Å². The number of anilines is 2. The molecule has 0 bridgehead atoms. The predicted molar refractivity (Wildman–Crippen MR) is 117 cm³/mol. The molecule has 5 nitrogen and oxygen atoms in total. The SMILES string of the molecule is Cc1ccc(NC(=O)[C@H]2CCCN(c3nccnc3Sc3ccccc3)C2)cc1. The van der Waals surface area contributed by atoms with Gasteiger partial charge in [0.2, 0.25) is 5.91 Å². The zero-order valence-electron chi connectivity index (χ0n) is 16.4. The largest absolute Gasteiger partial charge is 0.354 e. The third-order valence-corrected chi connectivity index (χ3v) is 6.00. The Morgan fingerprint density at radius 2 is 1.83 bits per heavy atom. The summed E-state index contributed by atoms with van der Waals surface area (Å²) in [5, 5.41) is 3.93. The molecule has 1 amide bonds. The van der Waals surface area contributed by atoms with Crippen LogP contribution < -0.4 is 10.2 Å². The van der Waals surface area contributed by atoms with Crippen LogP contribution in [0.4, 0.5) is 11.5 Å². The summed E-state index contributed by atoms with van der Waals surface area (Å²) >= 11 is 1.61. The van der Waals surface area contributed by atoms with Crippen molar-refractivity contribution in [2.24, 2.45) is 5.92 Å². The van der Waals surface area contributed by atoms with Gasteiger partial charge in [-0.3, -0.25) is 4.79 Å². The van der Waals surface area contributed by atoms with Crippen LogP contribution in [-0.4, -0.2) is 29.0 Å². The van der Waals surface area contributed by atoms with Crippen LogP contribution in [0.2, 0.25) is 0 Å². The van der Waals surface area contributed by atoms with Crippen LogP contribution in [0, 0.1) is 12.8 Å². The van der Waals surface area contributed by atoms with Gasteiger partial charge in [-0.15, -0.1) is 0 Å². The Morgan fingerprint density at radius 1 is 1.07 bits per heavy atom. The number of carbonyl (C=O) groups is 1. The molecule has 1 N–H and O–H groups in total. The summed E-state index contributed by atoms with van der Waals surface area (Å²) in [5.74, 6) is 0.857. The second kappa shape index (κ2) is 9.09. The van der Waals surface area contributed by atoms with Gasteiger partial charge in [0.25, 0.3) is 0 Å². The van der Waals surface area contributed by atoms with E-state index in [4.69, 9.17) is 0 Å². The Labute approximate surface area is 175 Å². The first-order chi connectivity index (χ1) is 14.2. The van der Waals surface area contributed by atoms with Crippen LogP contribution in [0.5, 0.6) is 0 Å². The standard InChI is InChI=1S/C23H24N4OS/c1-17-9-11-19(12-10-17)26-22(28)18-6-5-15-27(16-18)21-23(25-14-13-24-21)29-20-7-3-2-4-8-20/h2-4,7-14,18H,5-6,15-16H2,1H3,(H,26,28)/t18-/m0/s1.